The molecule has 0 spiro atoms. The first-order chi connectivity index (χ1) is 12.6. The van der Waals surface area contributed by atoms with Gasteiger partial charge in [-0.2, -0.15) is 0 Å². The molecule has 0 aliphatic carbocycles. The Kier molecular flexibility index (Phi) is 5.53. The summed E-state index contributed by atoms with van der Waals surface area (Å²) in [5.74, 6) is -0.134. The summed E-state index contributed by atoms with van der Waals surface area (Å²) in [6.45, 7) is 4.51. The molecule has 0 saturated heterocycles. The van der Waals surface area contributed by atoms with Crippen molar-refractivity contribution in [3.63, 3.8) is 0 Å². The van der Waals surface area contributed by atoms with E-state index in [1.54, 1.807) is 0 Å². The number of carboxylic acid groups (broad SMARTS) is 1. The zero-order valence-electron chi connectivity index (χ0n) is 14.7. The molecule has 0 aliphatic heterocycles. The highest BCUT2D eigenvalue weighted by Crippen LogP contribution is 2.35. The number of aliphatic carboxylic acids is 1. The molecule has 0 amide bonds. The van der Waals surface area contributed by atoms with Gasteiger partial charge in [0.1, 0.15) is 5.75 Å². The lowest BCUT2D eigenvalue weighted by atomic mass is 10.1. The van der Waals surface area contributed by atoms with Crippen LogP contribution in [0, 0.1) is 6.92 Å². The molecule has 0 fully saturated rings. The minimum atomic E-state index is -0.872. The first kappa shape index (κ1) is 17.9. The second kappa shape index (κ2) is 8.01. The molecular formula is C20H20N2O3S. The first-order valence-corrected chi connectivity index (χ1v) is 9.16. The van der Waals surface area contributed by atoms with Crippen molar-refractivity contribution in [3.8, 4) is 17.0 Å². The number of hydrogen-bond donors (Lipinski definition) is 2. The topological polar surface area (TPSA) is 71.5 Å². The van der Waals surface area contributed by atoms with E-state index in [2.05, 4.69) is 10.3 Å². The van der Waals surface area contributed by atoms with Crippen LogP contribution in [0.5, 0.6) is 5.75 Å². The molecule has 0 saturated carbocycles. The summed E-state index contributed by atoms with van der Waals surface area (Å²) in [6.07, 6.45) is -0.0599. The van der Waals surface area contributed by atoms with Crippen molar-refractivity contribution in [2.24, 2.45) is 0 Å². The summed E-state index contributed by atoms with van der Waals surface area (Å²) in [4.78, 5) is 16.6. The molecule has 3 aromatic rings. The first-order valence-electron chi connectivity index (χ1n) is 8.34. The van der Waals surface area contributed by atoms with Gasteiger partial charge in [-0.3, -0.25) is 4.79 Å². The van der Waals surface area contributed by atoms with Crippen molar-refractivity contribution < 1.29 is 14.6 Å². The number of anilines is 2. The van der Waals surface area contributed by atoms with Gasteiger partial charge in [0.25, 0.3) is 0 Å². The van der Waals surface area contributed by atoms with E-state index in [-0.39, 0.29) is 6.42 Å². The van der Waals surface area contributed by atoms with Crippen LogP contribution in [-0.2, 0) is 11.2 Å². The quantitative estimate of drug-likeness (QED) is 0.621. The third kappa shape index (κ3) is 4.21. The molecule has 0 atom stereocenters. The molecule has 0 unspecified atom stereocenters. The Morgan fingerprint density at radius 1 is 1.19 bits per heavy atom. The Hall–Kier alpha value is -2.86. The molecular weight excluding hydrogens is 348 g/mol. The number of carboxylic acids is 1. The maximum Gasteiger partial charge on any atom is 0.308 e. The summed E-state index contributed by atoms with van der Waals surface area (Å²) in [5.41, 5.74) is 3.57. The van der Waals surface area contributed by atoms with Gasteiger partial charge in [0.15, 0.2) is 5.13 Å². The zero-order valence-corrected chi connectivity index (χ0v) is 15.5. The van der Waals surface area contributed by atoms with Crippen molar-refractivity contribution in [2.75, 3.05) is 11.9 Å². The number of nitrogens with zero attached hydrogens (tertiary/aromatic N) is 1. The van der Waals surface area contributed by atoms with Crippen molar-refractivity contribution in [1.29, 1.82) is 0 Å². The Balaban J connectivity index is 1.96. The third-order valence-corrected chi connectivity index (χ3v) is 4.73. The van der Waals surface area contributed by atoms with Gasteiger partial charge in [0, 0.05) is 10.4 Å². The standard InChI is InChI=1S/C20H20N2O3S/c1-3-25-16-7-5-4-6-15(16)21-20-22-19(17(26-20)12-18(23)24)14-10-8-13(2)9-11-14/h4-11H,3,12H2,1-2H3,(H,21,22)(H,23,24). The van der Waals surface area contributed by atoms with Gasteiger partial charge in [-0.05, 0) is 26.0 Å². The fourth-order valence-electron chi connectivity index (χ4n) is 2.57. The van der Waals surface area contributed by atoms with Gasteiger partial charge in [-0.25, -0.2) is 4.98 Å². The fourth-order valence-corrected chi connectivity index (χ4v) is 3.55. The molecule has 2 N–H and O–H groups in total. The monoisotopic (exact) mass is 368 g/mol. The highest BCUT2D eigenvalue weighted by Gasteiger charge is 2.16. The maximum atomic E-state index is 11.3. The van der Waals surface area contributed by atoms with Crippen LogP contribution in [-0.4, -0.2) is 22.7 Å². The number of nitrogens with one attached hydrogen (secondary N) is 1. The van der Waals surface area contributed by atoms with E-state index < -0.39 is 5.97 Å². The van der Waals surface area contributed by atoms with Crippen LogP contribution >= 0.6 is 11.3 Å². The van der Waals surface area contributed by atoms with Crippen molar-refractivity contribution in [1.82, 2.24) is 4.98 Å². The number of rotatable bonds is 7. The summed E-state index contributed by atoms with van der Waals surface area (Å²) >= 11 is 1.35. The highest BCUT2D eigenvalue weighted by atomic mass is 32.1. The molecule has 6 heteroatoms. The average molecular weight is 368 g/mol. The van der Waals surface area contributed by atoms with Gasteiger partial charge in [-0.1, -0.05) is 42.0 Å². The maximum absolute atomic E-state index is 11.3. The number of hydrogen-bond acceptors (Lipinski definition) is 5. The highest BCUT2D eigenvalue weighted by molar-refractivity contribution is 7.16. The van der Waals surface area contributed by atoms with Crippen LogP contribution in [0.2, 0.25) is 0 Å². The molecule has 26 heavy (non-hydrogen) atoms. The van der Waals surface area contributed by atoms with E-state index in [1.165, 1.54) is 11.3 Å². The lowest BCUT2D eigenvalue weighted by molar-refractivity contribution is -0.136. The van der Waals surface area contributed by atoms with Crippen molar-refractivity contribution >= 4 is 28.1 Å². The summed E-state index contributed by atoms with van der Waals surface area (Å²) < 4.78 is 5.63. The smallest absolute Gasteiger partial charge is 0.308 e. The number of aryl methyl sites for hydroxylation is 1. The summed E-state index contributed by atoms with van der Waals surface area (Å²) in [7, 11) is 0. The van der Waals surface area contributed by atoms with Gasteiger partial charge >= 0.3 is 5.97 Å². The summed E-state index contributed by atoms with van der Waals surface area (Å²) in [6, 6.07) is 15.5. The van der Waals surface area contributed by atoms with Gasteiger partial charge in [0.2, 0.25) is 0 Å². The minimum Gasteiger partial charge on any atom is -0.492 e. The molecule has 134 valence electrons. The predicted molar refractivity (Wildman–Crippen MR) is 105 cm³/mol. The van der Waals surface area contributed by atoms with E-state index >= 15 is 0 Å². The largest absolute Gasteiger partial charge is 0.492 e. The second-order valence-corrected chi connectivity index (χ2v) is 6.87. The lowest BCUT2D eigenvalue weighted by Crippen LogP contribution is -1.99. The molecule has 0 aliphatic rings. The summed E-state index contributed by atoms with van der Waals surface area (Å²) in [5, 5.41) is 13.1. The second-order valence-electron chi connectivity index (χ2n) is 5.78. The molecule has 1 aromatic heterocycles. The molecule has 0 bridgehead atoms. The molecule has 2 aromatic carbocycles. The normalized spacial score (nSPS) is 10.5. The minimum absolute atomic E-state index is 0.0599. The van der Waals surface area contributed by atoms with E-state index in [9.17, 15) is 9.90 Å². The number of carbonyl (C=O) groups is 1. The number of aromatic nitrogens is 1. The fraction of sp³-hybridized carbons (Fsp3) is 0.200. The van der Waals surface area contributed by atoms with E-state index in [0.29, 0.717) is 17.4 Å². The molecule has 5 nitrogen and oxygen atoms in total. The van der Waals surface area contributed by atoms with Crippen LogP contribution in [0.3, 0.4) is 0 Å². The number of thiazole rings is 1. The van der Waals surface area contributed by atoms with E-state index in [0.717, 1.165) is 27.4 Å². The van der Waals surface area contributed by atoms with Crippen LogP contribution in [0.15, 0.2) is 48.5 Å². The third-order valence-electron chi connectivity index (χ3n) is 3.76. The molecule has 0 radical (unpaired) electrons. The number of para-hydroxylation sites is 2. The van der Waals surface area contributed by atoms with Gasteiger partial charge in [-0.15, -0.1) is 11.3 Å². The number of benzene rings is 2. The van der Waals surface area contributed by atoms with E-state index in [4.69, 9.17) is 4.74 Å². The van der Waals surface area contributed by atoms with Crippen LogP contribution in [0.25, 0.3) is 11.3 Å². The van der Waals surface area contributed by atoms with Crippen LogP contribution in [0.4, 0.5) is 10.8 Å². The van der Waals surface area contributed by atoms with Crippen LogP contribution < -0.4 is 10.1 Å². The Labute approximate surface area is 156 Å². The van der Waals surface area contributed by atoms with Gasteiger partial charge < -0.3 is 15.2 Å². The zero-order chi connectivity index (χ0) is 18.5. The Morgan fingerprint density at radius 2 is 1.92 bits per heavy atom. The number of ether oxygens (including phenoxy) is 1. The van der Waals surface area contributed by atoms with Crippen molar-refractivity contribution in [2.45, 2.75) is 20.3 Å². The average Bonchev–Trinajstić information content (AvgIpc) is 2.99. The Morgan fingerprint density at radius 3 is 2.62 bits per heavy atom. The molecule has 3 rings (SSSR count). The lowest BCUT2D eigenvalue weighted by Gasteiger charge is -2.09. The predicted octanol–water partition coefficient (Wildman–Crippen LogP) is 4.89. The molecule has 1 heterocycles. The SMILES string of the molecule is CCOc1ccccc1Nc1nc(-c2ccc(C)cc2)c(CC(=O)O)s1. The van der Waals surface area contributed by atoms with Gasteiger partial charge in [0.05, 0.1) is 24.4 Å². The van der Waals surface area contributed by atoms with E-state index in [1.807, 2.05) is 62.4 Å². The van der Waals surface area contributed by atoms with Crippen molar-refractivity contribution in [3.05, 3.63) is 59.0 Å². The van der Waals surface area contributed by atoms with Crippen LogP contribution in [0.1, 0.15) is 17.4 Å². The Bertz CT molecular complexity index is 904.